The lowest BCUT2D eigenvalue weighted by molar-refractivity contribution is 0.0628. The molecule has 164 valence electrons. The first-order chi connectivity index (χ1) is 15.1. The number of hydrogen-bond donors (Lipinski definition) is 1. The molecule has 1 saturated heterocycles. The van der Waals surface area contributed by atoms with Gasteiger partial charge in [0.1, 0.15) is 13.2 Å². The zero-order chi connectivity index (χ0) is 21.6. The molecule has 0 aliphatic carbocycles. The molecular weight excluding hydrogens is 398 g/mol. The summed E-state index contributed by atoms with van der Waals surface area (Å²) in [5.74, 6) is 1.56. The predicted molar refractivity (Wildman–Crippen MR) is 116 cm³/mol. The van der Waals surface area contributed by atoms with Gasteiger partial charge >= 0.3 is 6.09 Å². The Bertz CT molecular complexity index is 941. The third kappa shape index (κ3) is 5.27. The minimum absolute atomic E-state index is 0.0357. The van der Waals surface area contributed by atoms with Crippen molar-refractivity contribution < 1.29 is 23.8 Å². The van der Waals surface area contributed by atoms with Gasteiger partial charge in [0.05, 0.1) is 6.61 Å². The van der Waals surface area contributed by atoms with Gasteiger partial charge < -0.3 is 19.1 Å². The Morgan fingerprint density at radius 2 is 1.77 bits per heavy atom. The maximum atomic E-state index is 12.9. The van der Waals surface area contributed by atoms with E-state index in [1.807, 2.05) is 17.0 Å². The van der Waals surface area contributed by atoms with E-state index in [1.165, 1.54) is 5.56 Å². The van der Waals surface area contributed by atoms with Crippen LogP contribution in [0.5, 0.6) is 11.5 Å². The number of nitrogens with zero attached hydrogens (tertiary/aromatic N) is 2. The number of amides is 2. The summed E-state index contributed by atoms with van der Waals surface area (Å²) in [6.07, 6.45) is -0.528. The van der Waals surface area contributed by atoms with E-state index in [4.69, 9.17) is 14.2 Å². The molecule has 2 aromatic rings. The van der Waals surface area contributed by atoms with Gasteiger partial charge in [-0.05, 0) is 42.8 Å². The fourth-order valence-electron chi connectivity index (χ4n) is 3.75. The molecule has 0 aromatic heterocycles. The number of hydrogen-bond acceptors (Lipinski definition) is 6. The van der Waals surface area contributed by atoms with E-state index in [2.05, 4.69) is 16.3 Å². The Labute approximate surface area is 181 Å². The lowest BCUT2D eigenvalue weighted by Gasteiger charge is -2.35. The molecule has 2 heterocycles. The second-order valence-corrected chi connectivity index (χ2v) is 7.47. The molecule has 8 heteroatoms. The van der Waals surface area contributed by atoms with E-state index in [0.717, 1.165) is 31.1 Å². The highest BCUT2D eigenvalue weighted by Crippen LogP contribution is 2.31. The highest BCUT2D eigenvalue weighted by atomic mass is 16.6. The van der Waals surface area contributed by atoms with Crippen LogP contribution in [0, 0.1) is 0 Å². The number of fused-ring (bicyclic) bond motifs is 1. The minimum Gasteiger partial charge on any atom is -0.486 e. The lowest BCUT2D eigenvalue weighted by atomic mass is 10.1. The standard InChI is InChI=1S/C23H27N3O5/c1-2-29-23(28)24-19-5-3-4-18(15-19)22(27)26-10-8-25(9-11-26)16-17-6-7-20-21(14-17)31-13-12-30-20/h3-7,14-15H,2,8-13,16H2,1H3,(H,24,28). The van der Waals surface area contributed by atoms with Crippen LogP contribution in [0.3, 0.4) is 0 Å². The van der Waals surface area contributed by atoms with Crippen LogP contribution in [0.1, 0.15) is 22.8 Å². The monoisotopic (exact) mass is 425 g/mol. The fourth-order valence-corrected chi connectivity index (χ4v) is 3.75. The van der Waals surface area contributed by atoms with Crippen molar-refractivity contribution in [3.05, 3.63) is 53.6 Å². The average Bonchev–Trinajstić information content (AvgIpc) is 2.79. The number of nitrogens with one attached hydrogen (secondary N) is 1. The fraction of sp³-hybridized carbons (Fsp3) is 0.391. The molecule has 8 nitrogen and oxygen atoms in total. The second kappa shape index (κ2) is 9.70. The van der Waals surface area contributed by atoms with E-state index in [9.17, 15) is 9.59 Å². The zero-order valence-electron chi connectivity index (χ0n) is 17.6. The molecule has 0 atom stereocenters. The molecule has 31 heavy (non-hydrogen) atoms. The average molecular weight is 425 g/mol. The van der Waals surface area contributed by atoms with Gasteiger partial charge in [0.15, 0.2) is 11.5 Å². The molecule has 2 aromatic carbocycles. The van der Waals surface area contributed by atoms with Gasteiger partial charge in [-0.1, -0.05) is 12.1 Å². The van der Waals surface area contributed by atoms with Crippen LogP contribution in [0.2, 0.25) is 0 Å². The predicted octanol–water partition coefficient (Wildman–Crippen LogP) is 2.98. The van der Waals surface area contributed by atoms with E-state index in [-0.39, 0.29) is 5.91 Å². The highest BCUT2D eigenvalue weighted by Gasteiger charge is 2.23. The van der Waals surface area contributed by atoms with Gasteiger partial charge in [-0.2, -0.15) is 0 Å². The molecule has 0 bridgehead atoms. The Morgan fingerprint density at radius 1 is 1.00 bits per heavy atom. The SMILES string of the molecule is CCOC(=O)Nc1cccc(C(=O)N2CCN(Cc3ccc4c(c3)OCCO4)CC2)c1. The van der Waals surface area contributed by atoms with Crippen molar-refractivity contribution in [3.8, 4) is 11.5 Å². The number of carbonyl (C=O) groups excluding carboxylic acids is 2. The zero-order valence-corrected chi connectivity index (χ0v) is 17.6. The summed E-state index contributed by atoms with van der Waals surface area (Å²) in [4.78, 5) is 28.7. The van der Waals surface area contributed by atoms with Crippen LogP contribution in [0.4, 0.5) is 10.5 Å². The first-order valence-electron chi connectivity index (χ1n) is 10.6. The number of benzene rings is 2. The van der Waals surface area contributed by atoms with Crippen LogP contribution in [0.15, 0.2) is 42.5 Å². The van der Waals surface area contributed by atoms with Gasteiger partial charge in [0.2, 0.25) is 0 Å². The third-order valence-corrected chi connectivity index (χ3v) is 5.30. The van der Waals surface area contributed by atoms with Gasteiger partial charge in [0.25, 0.3) is 5.91 Å². The Kier molecular flexibility index (Phi) is 6.57. The molecule has 1 fully saturated rings. The molecule has 4 rings (SSSR count). The largest absolute Gasteiger partial charge is 0.486 e. The van der Waals surface area contributed by atoms with E-state index in [0.29, 0.717) is 44.2 Å². The summed E-state index contributed by atoms with van der Waals surface area (Å²) >= 11 is 0. The topological polar surface area (TPSA) is 80.3 Å². The smallest absolute Gasteiger partial charge is 0.411 e. The van der Waals surface area contributed by atoms with Crippen molar-refractivity contribution >= 4 is 17.7 Å². The number of rotatable bonds is 5. The Morgan fingerprint density at radius 3 is 2.55 bits per heavy atom. The molecule has 1 N–H and O–H groups in total. The van der Waals surface area contributed by atoms with Crippen molar-refractivity contribution in [2.24, 2.45) is 0 Å². The molecule has 2 amide bonds. The summed E-state index contributed by atoms with van der Waals surface area (Å²) in [5.41, 5.74) is 2.26. The minimum atomic E-state index is -0.528. The van der Waals surface area contributed by atoms with Crippen LogP contribution < -0.4 is 14.8 Å². The molecule has 0 unspecified atom stereocenters. The van der Waals surface area contributed by atoms with E-state index >= 15 is 0 Å². The molecule has 0 saturated carbocycles. The first kappa shape index (κ1) is 21.0. The van der Waals surface area contributed by atoms with Crippen molar-refractivity contribution in [1.29, 1.82) is 0 Å². The number of carbonyl (C=O) groups is 2. The maximum absolute atomic E-state index is 12.9. The van der Waals surface area contributed by atoms with Gasteiger partial charge in [-0.15, -0.1) is 0 Å². The number of ether oxygens (including phenoxy) is 3. The molecule has 2 aliphatic rings. The first-order valence-corrected chi connectivity index (χ1v) is 10.6. The lowest BCUT2D eigenvalue weighted by Crippen LogP contribution is -2.48. The summed E-state index contributed by atoms with van der Waals surface area (Å²) in [6, 6.07) is 13.0. The molecule has 0 radical (unpaired) electrons. The summed E-state index contributed by atoms with van der Waals surface area (Å²) < 4.78 is 16.1. The Hall–Kier alpha value is -3.26. The summed E-state index contributed by atoms with van der Waals surface area (Å²) in [7, 11) is 0. The Balaban J connectivity index is 1.31. The van der Waals surface area contributed by atoms with Crippen LogP contribution in [0.25, 0.3) is 0 Å². The summed E-state index contributed by atoms with van der Waals surface area (Å²) in [5, 5.41) is 2.64. The highest BCUT2D eigenvalue weighted by molar-refractivity contribution is 5.96. The molecular formula is C23H27N3O5. The summed E-state index contributed by atoms with van der Waals surface area (Å²) in [6.45, 7) is 6.89. The maximum Gasteiger partial charge on any atom is 0.411 e. The van der Waals surface area contributed by atoms with Gasteiger partial charge in [-0.3, -0.25) is 15.0 Å². The van der Waals surface area contributed by atoms with Crippen molar-refractivity contribution in [3.63, 3.8) is 0 Å². The number of anilines is 1. The van der Waals surface area contributed by atoms with Crippen LogP contribution in [-0.4, -0.2) is 67.8 Å². The molecule has 2 aliphatic heterocycles. The van der Waals surface area contributed by atoms with Crippen LogP contribution in [-0.2, 0) is 11.3 Å². The van der Waals surface area contributed by atoms with Crippen molar-refractivity contribution in [2.75, 3.05) is 51.3 Å². The normalized spacial score (nSPS) is 16.0. The van der Waals surface area contributed by atoms with Crippen LogP contribution >= 0.6 is 0 Å². The number of piperazine rings is 1. The van der Waals surface area contributed by atoms with E-state index in [1.54, 1.807) is 31.2 Å². The third-order valence-electron chi connectivity index (χ3n) is 5.30. The quantitative estimate of drug-likeness (QED) is 0.793. The van der Waals surface area contributed by atoms with Crippen molar-refractivity contribution in [1.82, 2.24) is 9.80 Å². The molecule has 0 spiro atoms. The van der Waals surface area contributed by atoms with Gasteiger partial charge in [-0.25, -0.2) is 4.79 Å². The van der Waals surface area contributed by atoms with E-state index < -0.39 is 6.09 Å². The van der Waals surface area contributed by atoms with Gasteiger partial charge in [0, 0.05) is 44.0 Å². The van der Waals surface area contributed by atoms with Crippen molar-refractivity contribution in [2.45, 2.75) is 13.5 Å². The second-order valence-electron chi connectivity index (χ2n) is 7.47.